The molecule has 0 aliphatic carbocycles. The second kappa shape index (κ2) is 8.37. The first-order chi connectivity index (χ1) is 11.8. The molecule has 25 heavy (non-hydrogen) atoms. The van der Waals surface area contributed by atoms with Crippen molar-refractivity contribution in [1.29, 1.82) is 0 Å². The first-order valence-electron chi connectivity index (χ1n) is 7.95. The van der Waals surface area contributed by atoms with Crippen molar-refractivity contribution in [2.24, 2.45) is 0 Å². The molecule has 0 saturated carbocycles. The summed E-state index contributed by atoms with van der Waals surface area (Å²) in [5, 5.41) is 6.28. The Hall–Kier alpha value is -2.04. The Labute approximate surface area is 157 Å². The van der Waals surface area contributed by atoms with Crippen molar-refractivity contribution < 1.29 is 9.59 Å². The largest absolute Gasteiger partial charge is 0.353 e. The van der Waals surface area contributed by atoms with Gasteiger partial charge in [0.1, 0.15) is 0 Å². The Morgan fingerprint density at radius 3 is 2.20 bits per heavy atom. The molecule has 0 aromatic heterocycles. The zero-order chi connectivity index (χ0) is 18.6. The summed E-state index contributed by atoms with van der Waals surface area (Å²) in [6, 6.07) is 12.0. The summed E-state index contributed by atoms with van der Waals surface area (Å²) in [4.78, 5) is 24.4. The van der Waals surface area contributed by atoms with Crippen molar-refractivity contribution >= 4 is 40.7 Å². The molecule has 0 radical (unpaired) electrons. The summed E-state index contributed by atoms with van der Waals surface area (Å²) in [7, 11) is 0. The fourth-order valence-corrected chi connectivity index (χ4v) is 2.63. The summed E-state index contributed by atoms with van der Waals surface area (Å²) in [5.41, 5.74) is 1.76. The molecule has 132 valence electrons. The van der Waals surface area contributed by atoms with Crippen LogP contribution < -0.4 is 10.6 Å². The van der Waals surface area contributed by atoms with Crippen LogP contribution in [-0.2, 0) is 4.79 Å². The highest BCUT2D eigenvalue weighted by atomic mass is 35.5. The lowest BCUT2D eigenvalue weighted by molar-refractivity contribution is -0.122. The van der Waals surface area contributed by atoms with E-state index in [0.29, 0.717) is 21.3 Å². The van der Waals surface area contributed by atoms with Crippen molar-refractivity contribution in [2.75, 3.05) is 5.32 Å². The van der Waals surface area contributed by atoms with Gasteiger partial charge in [-0.15, -0.1) is 0 Å². The van der Waals surface area contributed by atoms with Gasteiger partial charge in [0, 0.05) is 11.6 Å². The van der Waals surface area contributed by atoms with Gasteiger partial charge >= 0.3 is 0 Å². The van der Waals surface area contributed by atoms with Crippen LogP contribution in [0.15, 0.2) is 42.5 Å². The number of halogens is 2. The lowest BCUT2D eigenvalue weighted by atomic mass is 9.98. The Morgan fingerprint density at radius 1 is 0.960 bits per heavy atom. The SMILES string of the molecule is CC(C)NC(=O)C(C)c1ccc(C(=O)Nc2cccc(Cl)c2Cl)cc1. The van der Waals surface area contributed by atoms with E-state index in [0.717, 1.165) is 5.56 Å². The zero-order valence-electron chi connectivity index (χ0n) is 14.3. The van der Waals surface area contributed by atoms with Crippen LogP contribution in [0.5, 0.6) is 0 Å². The fourth-order valence-electron chi connectivity index (χ4n) is 2.28. The number of amides is 2. The zero-order valence-corrected chi connectivity index (χ0v) is 15.8. The van der Waals surface area contributed by atoms with Gasteiger partial charge in [0.2, 0.25) is 5.91 Å². The maximum absolute atomic E-state index is 12.3. The van der Waals surface area contributed by atoms with E-state index in [1.165, 1.54) is 0 Å². The van der Waals surface area contributed by atoms with Gasteiger partial charge in [-0.1, -0.05) is 41.4 Å². The maximum Gasteiger partial charge on any atom is 0.255 e. The van der Waals surface area contributed by atoms with Gasteiger partial charge in [-0.2, -0.15) is 0 Å². The van der Waals surface area contributed by atoms with E-state index in [9.17, 15) is 9.59 Å². The van der Waals surface area contributed by atoms with Gasteiger partial charge in [0.25, 0.3) is 5.91 Å². The van der Waals surface area contributed by atoms with Crippen molar-refractivity contribution in [3.8, 4) is 0 Å². The van der Waals surface area contributed by atoms with E-state index in [1.54, 1.807) is 42.5 Å². The van der Waals surface area contributed by atoms with Crippen molar-refractivity contribution in [2.45, 2.75) is 32.7 Å². The normalized spacial score (nSPS) is 11.9. The number of rotatable bonds is 5. The first-order valence-corrected chi connectivity index (χ1v) is 8.71. The first kappa shape index (κ1) is 19.3. The minimum absolute atomic E-state index is 0.0436. The van der Waals surface area contributed by atoms with E-state index >= 15 is 0 Å². The number of carbonyl (C=O) groups is 2. The van der Waals surface area contributed by atoms with Crippen LogP contribution in [0.4, 0.5) is 5.69 Å². The average molecular weight is 379 g/mol. The molecular formula is C19H20Cl2N2O2. The van der Waals surface area contributed by atoms with Crippen molar-refractivity contribution in [3.05, 3.63) is 63.6 Å². The Morgan fingerprint density at radius 2 is 1.60 bits per heavy atom. The Bertz CT molecular complexity index is 773. The molecule has 0 fully saturated rings. The molecule has 2 rings (SSSR count). The van der Waals surface area contributed by atoms with Crippen LogP contribution >= 0.6 is 23.2 Å². The molecule has 0 aliphatic heterocycles. The molecule has 6 heteroatoms. The Balaban J connectivity index is 2.10. The predicted molar refractivity (Wildman–Crippen MR) is 103 cm³/mol. The number of nitrogens with one attached hydrogen (secondary N) is 2. The molecule has 0 heterocycles. The third-order valence-electron chi connectivity index (χ3n) is 3.70. The van der Waals surface area contributed by atoms with Crippen LogP contribution in [0.2, 0.25) is 10.0 Å². The Kier molecular flexibility index (Phi) is 6.45. The molecule has 0 bridgehead atoms. The second-order valence-corrected chi connectivity index (χ2v) is 6.85. The lowest BCUT2D eigenvalue weighted by Crippen LogP contribution is -2.33. The number of hydrogen-bond acceptors (Lipinski definition) is 2. The van der Waals surface area contributed by atoms with Crippen LogP contribution in [0, 0.1) is 0 Å². The summed E-state index contributed by atoms with van der Waals surface area (Å²) in [6.45, 7) is 5.66. The van der Waals surface area contributed by atoms with Crippen LogP contribution in [-0.4, -0.2) is 17.9 Å². The van der Waals surface area contributed by atoms with Gasteiger partial charge in [-0.25, -0.2) is 0 Å². The van der Waals surface area contributed by atoms with Gasteiger partial charge in [-0.05, 0) is 50.6 Å². The van der Waals surface area contributed by atoms with Gasteiger partial charge < -0.3 is 10.6 Å². The molecule has 4 nitrogen and oxygen atoms in total. The maximum atomic E-state index is 12.3. The molecule has 2 amide bonds. The van der Waals surface area contributed by atoms with Crippen LogP contribution in [0.3, 0.4) is 0 Å². The van der Waals surface area contributed by atoms with E-state index in [-0.39, 0.29) is 23.8 Å². The standard InChI is InChI=1S/C19H20Cl2N2O2/c1-11(2)22-18(24)12(3)13-7-9-14(10-8-13)19(25)23-16-6-4-5-15(20)17(16)21/h4-12H,1-3H3,(H,22,24)(H,23,25). The van der Waals surface area contributed by atoms with Crippen LogP contribution in [0.1, 0.15) is 42.6 Å². The molecule has 0 spiro atoms. The van der Waals surface area contributed by atoms with Crippen LogP contribution in [0.25, 0.3) is 0 Å². The summed E-state index contributed by atoms with van der Waals surface area (Å²) >= 11 is 12.0. The van der Waals surface area contributed by atoms with Gasteiger partial charge in [-0.3, -0.25) is 9.59 Å². The minimum Gasteiger partial charge on any atom is -0.353 e. The number of hydrogen-bond donors (Lipinski definition) is 2. The third-order valence-corrected chi connectivity index (χ3v) is 4.52. The topological polar surface area (TPSA) is 58.2 Å². The average Bonchev–Trinajstić information content (AvgIpc) is 2.57. The quantitative estimate of drug-likeness (QED) is 0.779. The third kappa shape index (κ3) is 4.97. The number of anilines is 1. The number of benzene rings is 2. The summed E-state index contributed by atoms with van der Waals surface area (Å²) < 4.78 is 0. The lowest BCUT2D eigenvalue weighted by Gasteiger charge is -2.15. The van der Waals surface area contributed by atoms with Gasteiger partial charge in [0.15, 0.2) is 0 Å². The molecule has 0 aliphatic rings. The fraction of sp³-hybridized carbons (Fsp3) is 0.263. The molecule has 2 aromatic rings. The van der Waals surface area contributed by atoms with E-state index in [1.807, 2.05) is 20.8 Å². The molecule has 2 N–H and O–H groups in total. The van der Waals surface area contributed by atoms with E-state index in [4.69, 9.17) is 23.2 Å². The minimum atomic E-state index is -0.296. The highest BCUT2D eigenvalue weighted by molar-refractivity contribution is 6.44. The molecular weight excluding hydrogens is 359 g/mol. The monoisotopic (exact) mass is 378 g/mol. The highest BCUT2D eigenvalue weighted by Gasteiger charge is 2.17. The molecule has 0 saturated heterocycles. The smallest absolute Gasteiger partial charge is 0.255 e. The second-order valence-electron chi connectivity index (χ2n) is 6.06. The van der Waals surface area contributed by atoms with E-state index < -0.39 is 0 Å². The summed E-state index contributed by atoms with van der Waals surface area (Å²) in [5.74, 6) is -0.630. The number of carbonyl (C=O) groups excluding carboxylic acids is 2. The van der Waals surface area contributed by atoms with Crippen molar-refractivity contribution in [3.63, 3.8) is 0 Å². The molecule has 2 aromatic carbocycles. The summed E-state index contributed by atoms with van der Waals surface area (Å²) in [6.07, 6.45) is 0. The van der Waals surface area contributed by atoms with E-state index in [2.05, 4.69) is 10.6 Å². The van der Waals surface area contributed by atoms with Gasteiger partial charge in [0.05, 0.1) is 21.7 Å². The molecule has 1 atom stereocenters. The highest BCUT2D eigenvalue weighted by Crippen LogP contribution is 2.29. The van der Waals surface area contributed by atoms with Crippen molar-refractivity contribution in [1.82, 2.24) is 5.32 Å². The molecule has 1 unspecified atom stereocenters. The predicted octanol–water partition coefficient (Wildman–Crippen LogP) is 4.87.